The molecule has 5 nitrogen and oxygen atoms in total. The van der Waals surface area contributed by atoms with Crippen molar-refractivity contribution >= 4 is 16.8 Å². The first-order valence-corrected chi connectivity index (χ1v) is 7.96. The van der Waals surface area contributed by atoms with Crippen LogP contribution in [0, 0.1) is 6.92 Å². The van der Waals surface area contributed by atoms with E-state index in [9.17, 15) is 4.79 Å². The highest BCUT2D eigenvalue weighted by Gasteiger charge is 2.16. The number of amides is 1. The van der Waals surface area contributed by atoms with Crippen LogP contribution in [0.2, 0.25) is 0 Å². The second-order valence-corrected chi connectivity index (χ2v) is 5.85. The van der Waals surface area contributed by atoms with E-state index in [0.717, 1.165) is 17.6 Å². The Morgan fingerprint density at radius 3 is 2.92 bits per heavy atom. The van der Waals surface area contributed by atoms with Crippen LogP contribution in [0.3, 0.4) is 0 Å². The van der Waals surface area contributed by atoms with E-state index in [-0.39, 0.29) is 12.7 Å². The molecule has 2 N–H and O–H groups in total. The maximum absolute atomic E-state index is 12.3. The quantitative estimate of drug-likeness (QED) is 0.775. The average Bonchev–Trinajstić information content (AvgIpc) is 3.18. The van der Waals surface area contributed by atoms with Gasteiger partial charge in [-0.2, -0.15) is 0 Å². The van der Waals surface area contributed by atoms with E-state index in [1.165, 1.54) is 10.9 Å². The number of aromatic amines is 1. The van der Waals surface area contributed by atoms with Gasteiger partial charge in [-0.05, 0) is 43.2 Å². The summed E-state index contributed by atoms with van der Waals surface area (Å²) in [5.74, 6) is 1.20. The van der Waals surface area contributed by atoms with Crippen LogP contribution in [-0.2, 0) is 6.42 Å². The minimum absolute atomic E-state index is 0.106. The van der Waals surface area contributed by atoms with Crippen molar-refractivity contribution in [3.8, 4) is 11.5 Å². The molecule has 0 saturated heterocycles. The summed E-state index contributed by atoms with van der Waals surface area (Å²) in [7, 11) is 0. The maximum atomic E-state index is 12.3. The van der Waals surface area contributed by atoms with Crippen LogP contribution in [0.4, 0.5) is 0 Å². The zero-order valence-electron chi connectivity index (χ0n) is 13.4. The molecule has 4 rings (SSSR count). The van der Waals surface area contributed by atoms with Gasteiger partial charge in [-0.25, -0.2) is 0 Å². The van der Waals surface area contributed by atoms with Crippen molar-refractivity contribution in [1.82, 2.24) is 10.3 Å². The maximum Gasteiger partial charge on any atom is 0.251 e. The molecule has 0 atom stereocenters. The van der Waals surface area contributed by atoms with Crippen LogP contribution in [0.25, 0.3) is 10.9 Å². The second-order valence-electron chi connectivity index (χ2n) is 5.85. The Kier molecular flexibility index (Phi) is 3.61. The number of hydrogen-bond donors (Lipinski definition) is 2. The molecule has 2 aromatic carbocycles. The molecule has 1 amide bonds. The molecule has 0 unspecified atom stereocenters. The number of fused-ring (bicyclic) bond motifs is 2. The summed E-state index contributed by atoms with van der Waals surface area (Å²) in [6.45, 7) is 2.85. The van der Waals surface area contributed by atoms with Gasteiger partial charge in [0.05, 0.1) is 0 Å². The number of hydrogen-bond acceptors (Lipinski definition) is 3. The number of carbonyl (C=O) groups excluding carboxylic acids is 1. The molecular formula is C19H18N2O3. The number of nitrogens with one attached hydrogen (secondary N) is 2. The zero-order chi connectivity index (χ0) is 16.5. The number of benzene rings is 2. The van der Waals surface area contributed by atoms with E-state index in [1.807, 2.05) is 12.1 Å². The molecule has 0 spiro atoms. The Labute approximate surface area is 139 Å². The molecule has 0 aliphatic carbocycles. The van der Waals surface area contributed by atoms with Crippen LogP contribution in [0.15, 0.2) is 42.5 Å². The number of rotatable bonds is 4. The topological polar surface area (TPSA) is 63.4 Å². The number of H-pyrrole nitrogens is 1. The molecule has 1 aromatic heterocycles. The first kappa shape index (κ1) is 14.6. The molecule has 5 heteroatoms. The molecule has 2 heterocycles. The lowest BCUT2D eigenvalue weighted by atomic mass is 10.1. The highest BCUT2D eigenvalue weighted by Crippen LogP contribution is 2.32. The van der Waals surface area contributed by atoms with Gasteiger partial charge in [0.1, 0.15) is 0 Å². The Morgan fingerprint density at radius 1 is 1.17 bits per heavy atom. The van der Waals surface area contributed by atoms with Gasteiger partial charge in [0.15, 0.2) is 11.5 Å². The van der Waals surface area contributed by atoms with Gasteiger partial charge in [-0.1, -0.05) is 18.2 Å². The fraction of sp³-hybridized carbons (Fsp3) is 0.211. The van der Waals surface area contributed by atoms with E-state index in [1.54, 1.807) is 18.2 Å². The second kappa shape index (κ2) is 5.92. The lowest BCUT2D eigenvalue weighted by molar-refractivity contribution is 0.0953. The predicted molar refractivity (Wildman–Crippen MR) is 91.6 cm³/mol. The summed E-state index contributed by atoms with van der Waals surface area (Å²) in [6.07, 6.45) is 0.784. The van der Waals surface area contributed by atoms with Gasteiger partial charge in [0.2, 0.25) is 6.79 Å². The van der Waals surface area contributed by atoms with E-state index in [2.05, 4.69) is 29.4 Å². The largest absolute Gasteiger partial charge is 0.454 e. The summed E-state index contributed by atoms with van der Waals surface area (Å²) in [4.78, 5) is 15.7. The fourth-order valence-electron chi connectivity index (χ4n) is 3.10. The van der Waals surface area contributed by atoms with Gasteiger partial charge >= 0.3 is 0 Å². The Bertz CT molecular complexity index is 914. The average molecular weight is 322 g/mol. The molecule has 0 saturated carbocycles. The summed E-state index contributed by atoms with van der Waals surface area (Å²) in [6, 6.07) is 13.5. The Hall–Kier alpha value is -2.95. The van der Waals surface area contributed by atoms with E-state index < -0.39 is 0 Å². The monoisotopic (exact) mass is 322 g/mol. The molecule has 24 heavy (non-hydrogen) atoms. The Morgan fingerprint density at radius 2 is 2.00 bits per heavy atom. The third-order valence-electron chi connectivity index (χ3n) is 4.32. The number of aryl methyl sites for hydroxylation is 1. The molecule has 3 aromatic rings. The van der Waals surface area contributed by atoms with Crippen LogP contribution in [-0.4, -0.2) is 24.2 Å². The van der Waals surface area contributed by atoms with Crippen molar-refractivity contribution in [1.29, 1.82) is 0 Å². The van der Waals surface area contributed by atoms with Crippen molar-refractivity contribution in [3.05, 3.63) is 59.3 Å². The highest BCUT2D eigenvalue weighted by molar-refractivity contribution is 5.95. The van der Waals surface area contributed by atoms with Crippen LogP contribution >= 0.6 is 0 Å². The van der Waals surface area contributed by atoms with Crippen molar-refractivity contribution in [3.63, 3.8) is 0 Å². The summed E-state index contributed by atoms with van der Waals surface area (Å²) in [5.41, 5.74) is 4.10. The van der Waals surface area contributed by atoms with Gasteiger partial charge in [-0.15, -0.1) is 0 Å². The highest BCUT2D eigenvalue weighted by atomic mass is 16.7. The number of para-hydroxylation sites is 1. The lowest BCUT2D eigenvalue weighted by Gasteiger charge is -2.06. The van der Waals surface area contributed by atoms with Crippen molar-refractivity contribution in [2.45, 2.75) is 13.3 Å². The van der Waals surface area contributed by atoms with Crippen molar-refractivity contribution in [2.24, 2.45) is 0 Å². The molecular weight excluding hydrogens is 304 g/mol. The minimum Gasteiger partial charge on any atom is -0.454 e. The SMILES string of the molecule is Cc1[nH]c2ccccc2c1CCNC(=O)c1ccc2c(c1)OCO2. The smallest absolute Gasteiger partial charge is 0.251 e. The lowest BCUT2D eigenvalue weighted by Crippen LogP contribution is -2.25. The third kappa shape index (κ3) is 2.58. The van der Waals surface area contributed by atoms with Gasteiger partial charge in [0, 0.05) is 28.7 Å². The van der Waals surface area contributed by atoms with Crippen LogP contribution in [0.1, 0.15) is 21.6 Å². The summed E-state index contributed by atoms with van der Waals surface area (Å²) >= 11 is 0. The van der Waals surface area contributed by atoms with Crippen molar-refractivity contribution in [2.75, 3.05) is 13.3 Å². The van der Waals surface area contributed by atoms with Crippen molar-refractivity contribution < 1.29 is 14.3 Å². The zero-order valence-corrected chi connectivity index (χ0v) is 13.4. The van der Waals surface area contributed by atoms with E-state index in [4.69, 9.17) is 9.47 Å². The summed E-state index contributed by atoms with van der Waals surface area (Å²) in [5, 5.41) is 4.19. The predicted octanol–water partition coefficient (Wildman–Crippen LogP) is 3.18. The van der Waals surface area contributed by atoms with Gasteiger partial charge in [0.25, 0.3) is 5.91 Å². The molecule has 1 aliphatic rings. The third-order valence-corrected chi connectivity index (χ3v) is 4.32. The Balaban J connectivity index is 1.43. The molecule has 0 bridgehead atoms. The summed E-state index contributed by atoms with van der Waals surface area (Å²) < 4.78 is 10.6. The fourth-order valence-corrected chi connectivity index (χ4v) is 3.10. The van der Waals surface area contributed by atoms with Crippen LogP contribution < -0.4 is 14.8 Å². The molecule has 0 radical (unpaired) electrons. The molecule has 1 aliphatic heterocycles. The normalized spacial score (nSPS) is 12.5. The van der Waals surface area contributed by atoms with E-state index >= 15 is 0 Å². The van der Waals surface area contributed by atoms with E-state index in [0.29, 0.717) is 23.6 Å². The number of aromatic nitrogens is 1. The molecule has 122 valence electrons. The first-order chi connectivity index (χ1) is 11.7. The minimum atomic E-state index is -0.106. The van der Waals surface area contributed by atoms with Gasteiger partial charge < -0.3 is 19.8 Å². The molecule has 0 fully saturated rings. The van der Waals surface area contributed by atoms with Crippen LogP contribution in [0.5, 0.6) is 11.5 Å². The number of ether oxygens (including phenoxy) is 2. The van der Waals surface area contributed by atoms with Gasteiger partial charge in [-0.3, -0.25) is 4.79 Å². The number of carbonyl (C=O) groups is 1. The standard InChI is InChI=1S/C19H18N2O3/c1-12-14(15-4-2-3-5-16(15)21-12)8-9-20-19(22)13-6-7-17-18(10-13)24-11-23-17/h2-7,10,21H,8-9,11H2,1H3,(H,20,22). The first-order valence-electron chi connectivity index (χ1n) is 7.96.